The van der Waals surface area contributed by atoms with Crippen molar-refractivity contribution in [3.8, 4) is 23.6 Å². The Bertz CT molecular complexity index is 1650. The van der Waals surface area contributed by atoms with E-state index >= 15 is 4.39 Å². The Hall–Kier alpha value is -3.60. The molecule has 2 aromatic heterocycles. The van der Waals surface area contributed by atoms with Crippen molar-refractivity contribution in [1.29, 1.82) is 0 Å². The summed E-state index contributed by atoms with van der Waals surface area (Å²) in [5.41, 5.74) is 2.37. The van der Waals surface area contributed by atoms with Crippen molar-refractivity contribution in [2.24, 2.45) is 5.92 Å². The lowest BCUT2D eigenvalue weighted by Crippen LogP contribution is -2.38. The van der Waals surface area contributed by atoms with Crippen molar-refractivity contribution in [2.75, 3.05) is 38.2 Å². The smallest absolute Gasteiger partial charge is 0.175 e. The second-order valence-corrected chi connectivity index (χ2v) is 12.3. The van der Waals surface area contributed by atoms with Gasteiger partial charge in [-0.1, -0.05) is 49.6 Å². The van der Waals surface area contributed by atoms with Gasteiger partial charge in [0, 0.05) is 54.9 Å². The van der Waals surface area contributed by atoms with E-state index in [4.69, 9.17) is 26.5 Å². The number of aliphatic hydroxyl groups excluding tert-OH is 1. The van der Waals surface area contributed by atoms with E-state index in [9.17, 15) is 0 Å². The first kappa shape index (κ1) is 29.5. The molecule has 3 aliphatic heterocycles. The van der Waals surface area contributed by atoms with Gasteiger partial charge in [-0.15, -0.1) is 6.42 Å². The number of anilines is 1. The van der Waals surface area contributed by atoms with E-state index in [1.54, 1.807) is 6.20 Å². The van der Waals surface area contributed by atoms with E-state index in [-0.39, 0.29) is 5.54 Å². The van der Waals surface area contributed by atoms with Crippen molar-refractivity contribution in [3.05, 3.63) is 59.8 Å². The number of aliphatic hydroxyl groups is 1. The monoisotopic (exact) mass is 579 g/mol. The van der Waals surface area contributed by atoms with Crippen LogP contribution < -0.4 is 4.90 Å². The van der Waals surface area contributed by atoms with Gasteiger partial charge >= 0.3 is 0 Å². The predicted molar refractivity (Wildman–Crippen MR) is 173 cm³/mol. The van der Waals surface area contributed by atoms with Crippen LogP contribution in [0.3, 0.4) is 0 Å². The number of halogens is 1. The van der Waals surface area contributed by atoms with E-state index < -0.39 is 5.82 Å². The highest BCUT2D eigenvalue weighted by Gasteiger charge is 2.43. The molecule has 1 atom stereocenters. The van der Waals surface area contributed by atoms with Crippen LogP contribution in [0.1, 0.15) is 69.7 Å². The summed E-state index contributed by atoms with van der Waals surface area (Å²) in [6.07, 6.45) is 18.0. The van der Waals surface area contributed by atoms with E-state index in [0.717, 1.165) is 73.9 Å². The Morgan fingerprint density at radius 1 is 1.05 bits per heavy atom. The third-order valence-electron chi connectivity index (χ3n) is 10.0. The SMILES string of the molecule is C#Cc1cccc2cccc(-c3ncc4c(N5CCCC(CC)C5)nc(CCC56CCCN5CCC6)nc4c3F)c12.CO. The summed E-state index contributed by atoms with van der Waals surface area (Å²) in [6, 6.07) is 11.7. The van der Waals surface area contributed by atoms with Crippen LogP contribution >= 0.6 is 0 Å². The Kier molecular flexibility index (Phi) is 8.61. The molecule has 0 bridgehead atoms. The molecule has 224 valence electrons. The Labute approximate surface area is 254 Å². The van der Waals surface area contributed by atoms with Crippen LogP contribution in [-0.2, 0) is 6.42 Å². The summed E-state index contributed by atoms with van der Waals surface area (Å²) in [4.78, 5) is 19.8. The second kappa shape index (κ2) is 12.6. The molecule has 1 unspecified atom stereocenters. The highest BCUT2D eigenvalue weighted by Crippen LogP contribution is 2.42. The lowest BCUT2D eigenvalue weighted by atomic mass is 9.88. The van der Waals surface area contributed by atoms with Gasteiger partial charge < -0.3 is 10.0 Å². The van der Waals surface area contributed by atoms with E-state index in [1.807, 2.05) is 36.4 Å². The zero-order valence-electron chi connectivity index (χ0n) is 25.4. The maximum Gasteiger partial charge on any atom is 0.175 e. The summed E-state index contributed by atoms with van der Waals surface area (Å²) in [7, 11) is 1.00. The van der Waals surface area contributed by atoms with Crippen LogP contribution in [0, 0.1) is 24.1 Å². The predicted octanol–water partition coefficient (Wildman–Crippen LogP) is 6.76. The maximum absolute atomic E-state index is 16.7. The fraction of sp³-hybridized carbons (Fsp3) is 0.472. The molecule has 4 aromatic rings. The Morgan fingerprint density at radius 3 is 2.56 bits per heavy atom. The lowest BCUT2D eigenvalue weighted by molar-refractivity contribution is 0.182. The molecule has 3 fully saturated rings. The first-order chi connectivity index (χ1) is 21.1. The molecule has 0 amide bonds. The van der Waals surface area contributed by atoms with Crippen molar-refractivity contribution in [1.82, 2.24) is 19.9 Å². The van der Waals surface area contributed by atoms with Crippen molar-refractivity contribution < 1.29 is 9.50 Å². The molecule has 0 saturated carbocycles. The molecule has 6 nitrogen and oxygen atoms in total. The van der Waals surface area contributed by atoms with Gasteiger partial charge in [-0.3, -0.25) is 9.88 Å². The number of benzene rings is 2. The third-order valence-corrected chi connectivity index (χ3v) is 10.0. The molecule has 0 aliphatic carbocycles. The first-order valence-corrected chi connectivity index (χ1v) is 15.9. The molecule has 5 heterocycles. The molecule has 3 aliphatic rings. The Balaban J connectivity index is 0.00000161. The summed E-state index contributed by atoms with van der Waals surface area (Å²) < 4.78 is 16.7. The van der Waals surface area contributed by atoms with Gasteiger partial charge in [-0.05, 0) is 75.4 Å². The van der Waals surface area contributed by atoms with Crippen LogP contribution in [0.4, 0.5) is 10.2 Å². The number of rotatable bonds is 6. The van der Waals surface area contributed by atoms with E-state index in [2.05, 4.69) is 22.6 Å². The minimum Gasteiger partial charge on any atom is -0.400 e. The number of terminal acetylenes is 1. The molecule has 3 saturated heterocycles. The van der Waals surface area contributed by atoms with Gasteiger partial charge in [0.25, 0.3) is 0 Å². The fourth-order valence-electron chi connectivity index (χ4n) is 7.85. The molecular formula is C36H42FN5O. The summed E-state index contributed by atoms with van der Waals surface area (Å²) >= 11 is 0. The third kappa shape index (κ3) is 5.36. The zero-order valence-corrected chi connectivity index (χ0v) is 25.4. The van der Waals surface area contributed by atoms with Crippen molar-refractivity contribution >= 4 is 27.5 Å². The number of nitrogens with zero attached hydrogens (tertiary/aromatic N) is 5. The first-order valence-electron chi connectivity index (χ1n) is 15.9. The maximum atomic E-state index is 16.7. The molecular weight excluding hydrogens is 537 g/mol. The molecule has 7 heteroatoms. The van der Waals surface area contributed by atoms with Crippen LogP contribution in [-0.4, -0.2) is 63.8 Å². The number of fused-ring (bicyclic) bond motifs is 3. The van der Waals surface area contributed by atoms with Crippen LogP contribution in [0.2, 0.25) is 0 Å². The van der Waals surface area contributed by atoms with Crippen LogP contribution in [0.15, 0.2) is 42.6 Å². The summed E-state index contributed by atoms with van der Waals surface area (Å²) in [6.45, 7) is 6.53. The van der Waals surface area contributed by atoms with Crippen LogP contribution in [0.25, 0.3) is 32.9 Å². The summed E-state index contributed by atoms with van der Waals surface area (Å²) in [5, 5.41) is 9.52. The highest BCUT2D eigenvalue weighted by atomic mass is 19.1. The normalized spacial score (nSPS) is 19.7. The molecule has 1 N–H and O–H groups in total. The molecule has 2 aromatic carbocycles. The van der Waals surface area contributed by atoms with Gasteiger partial charge in [0.1, 0.15) is 22.9 Å². The minimum atomic E-state index is -0.391. The number of piperidine rings is 1. The van der Waals surface area contributed by atoms with Crippen molar-refractivity contribution in [2.45, 2.75) is 70.3 Å². The molecule has 0 radical (unpaired) electrons. The van der Waals surface area contributed by atoms with E-state index in [0.29, 0.717) is 28.1 Å². The quantitative estimate of drug-likeness (QED) is 0.255. The Morgan fingerprint density at radius 2 is 1.81 bits per heavy atom. The highest BCUT2D eigenvalue weighted by molar-refractivity contribution is 6.01. The standard InChI is InChI=1S/C35H38FN5.CH4O/c1-3-24-10-7-19-40(23-24)34-28-22-37-32(27-14-6-13-26-12-5-11-25(4-2)30(26)27)31(36)33(28)38-29(39-34)15-18-35-16-8-20-41(35)21-9-17-35;1-2/h2,5-6,11-14,22,24H,3,7-10,15-21,23H2,1H3;2H,1H3. The molecule has 43 heavy (non-hydrogen) atoms. The number of hydrogen-bond acceptors (Lipinski definition) is 6. The lowest BCUT2D eigenvalue weighted by Gasteiger charge is -2.34. The number of aromatic nitrogens is 3. The summed E-state index contributed by atoms with van der Waals surface area (Å²) in [5.74, 6) is 4.60. The van der Waals surface area contributed by atoms with Gasteiger partial charge in [-0.2, -0.15) is 0 Å². The number of hydrogen-bond donors (Lipinski definition) is 1. The van der Waals surface area contributed by atoms with Crippen LogP contribution in [0.5, 0.6) is 0 Å². The fourth-order valence-corrected chi connectivity index (χ4v) is 7.85. The van der Waals surface area contributed by atoms with Gasteiger partial charge in [0.05, 0.1) is 5.39 Å². The van der Waals surface area contributed by atoms with Gasteiger partial charge in [-0.25, -0.2) is 14.4 Å². The zero-order chi connectivity index (χ0) is 30.0. The minimum absolute atomic E-state index is 0.271. The number of aryl methyl sites for hydroxylation is 1. The largest absolute Gasteiger partial charge is 0.400 e. The topological polar surface area (TPSA) is 65.4 Å². The van der Waals surface area contributed by atoms with Gasteiger partial charge in [0.2, 0.25) is 0 Å². The van der Waals surface area contributed by atoms with Crippen molar-refractivity contribution in [3.63, 3.8) is 0 Å². The van der Waals surface area contributed by atoms with Gasteiger partial charge in [0.15, 0.2) is 5.82 Å². The molecule has 7 rings (SSSR count). The average Bonchev–Trinajstić information content (AvgIpc) is 3.65. The van der Waals surface area contributed by atoms with E-state index in [1.165, 1.54) is 45.2 Å². The molecule has 0 spiro atoms. The second-order valence-electron chi connectivity index (χ2n) is 12.3. The average molecular weight is 580 g/mol. The number of pyridine rings is 1.